The Hall–Kier alpha value is -2.76. The van der Waals surface area contributed by atoms with Gasteiger partial charge in [0.15, 0.2) is 6.29 Å². The summed E-state index contributed by atoms with van der Waals surface area (Å²) in [5.74, 6) is 0.349. The predicted octanol–water partition coefficient (Wildman–Crippen LogP) is 2.90. The number of hydrogen-bond donors (Lipinski definition) is 0. The number of carbonyl (C=O) groups excluding carboxylic acids is 1. The quantitative estimate of drug-likeness (QED) is 0.478. The first kappa shape index (κ1) is 12.7. The van der Waals surface area contributed by atoms with Crippen molar-refractivity contribution in [1.29, 1.82) is 0 Å². The van der Waals surface area contributed by atoms with Crippen LogP contribution < -0.4 is 4.74 Å². The molecule has 0 aliphatic carbocycles. The number of pyridine rings is 1. The van der Waals surface area contributed by atoms with E-state index in [2.05, 4.69) is 4.98 Å². The second kappa shape index (κ2) is 5.26. The normalized spacial score (nSPS) is 9.95. The second-order valence-electron chi connectivity index (χ2n) is 3.83. The minimum atomic E-state index is -0.512. The van der Waals surface area contributed by atoms with E-state index in [4.69, 9.17) is 4.74 Å². The zero-order valence-corrected chi connectivity index (χ0v) is 10.1. The molecule has 0 fully saturated rings. The molecule has 2 aromatic rings. The summed E-state index contributed by atoms with van der Waals surface area (Å²) in [6.45, 7) is 1.71. The molecule has 0 aliphatic rings. The van der Waals surface area contributed by atoms with E-state index in [1.807, 2.05) is 0 Å². The molecular weight excluding hydrogens is 248 g/mol. The van der Waals surface area contributed by atoms with Gasteiger partial charge in [0, 0.05) is 23.9 Å². The Morgan fingerprint density at radius 3 is 2.68 bits per heavy atom. The van der Waals surface area contributed by atoms with Crippen molar-refractivity contribution in [3.05, 3.63) is 57.8 Å². The Morgan fingerprint density at radius 2 is 2.11 bits per heavy atom. The molecule has 19 heavy (non-hydrogen) atoms. The smallest absolute Gasteiger partial charge is 0.311 e. The van der Waals surface area contributed by atoms with Crippen LogP contribution in [0.4, 0.5) is 5.69 Å². The lowest BCUT2D eigenvalue weighted by Gasteiger charge is -2.07. The molecule has 1 aromatic heterocycles. The summed E-state index contributed by atoms with van der Waals surface area (Å²) < 4.78 is 5.43. The van der Waals surface area contributed by atoms with E-state index in [0.29, 0.717) is 17.4 Å². The number of hydrogen-bond acceptors (Lipinski definition) is 5. The molecule has 0 spiro atoms. The lowest BCUT2D eigenvalue weighted by molar-refractivity contribution is -0.385. The summed E-state index contributed by atoms with van der Waals surface area (Å²) >= 11 is 0. The van der Waals surface area contributed by atoms with E-state index in [0.717, 1.165) is 0 Å². The van der Waals surface area contributed by atoms with Crippen LogP contribution in [0.25, 0.3) is 0 Å². The molecule has 0 N–H and O–H groups in total. The molecule has 0 radical (unpaired) electrons. The summed E-state index contributed by atoms with van der Waals surface area (Å²) in [5, 5.41) is 10.9. The van der Waals surface area contributed by atoms with Gasteiger partial charge < -0.3 is 4.74 Å². The predicted molar refractivity (Wildman–Crippen MR) is 67.5 cm³/mol. The number of aryl methyl sites for hydroxylation is 1. The van der Waals surface area contributed by atoms with E-state index in [-0.39, 0.29) is 17.3 Å². The minimum Gasteiger partial charge on any atom is -0.432 e. The maximum atomic E-state index is 10.9. The van der Waals surface area contributed by atoms with Crippen molar-refractivity contribution in [2.45, 2.75) is 6.92 Å². The molecule has 0 amide bonds. The highest BCUT2D eigenvalue weighted by atomic mass is 16.6. The maximum absolute atomic E-state index is 10.9. The fourth-order valence-corrected chi connectivity index (χ4v) is 1.54. The summed E-state index contributed by atoms with van der Waals surface area (Å²) in [6.07, 6.45) is 2.00. The number of rotatable bonds is 4. The van der Waals surface area contributed by atoms with E-state index in [9.17, 15) is 14.9 Å². The highest BCUT2D eigenvalue weighted by molar-refractivity contribution is 5.74. The first-order valence-electron chi connectivity index (χ1n) is 5.45. The number of nitro benzene ring substituents is 1. The Balaban J connectivity index is 2.36. The number of carbonyl (C=O) groups is 1. The van der Waals surface area contributed by atoms with Crippen LogP contribution in [0.3, 0.4) is 0 Å². The highest BCUT2D eigenvalue weighted by Crippen LogP contribution is 2.33. The molecule has 1 heterocycles. The van der Waals surface area contributed by atoms with Crippen LogP contribution in [0.2, 0.25) is 0 Å². The molecule has 0 saturated carbocycles. The summed E-state index contributed by atoms with van der Waals surface area (Å²) in [5.41, 5.74) is 0.920. The van der Waals surface area contributed by atoms with E-state index >= 15 is 0 Å². The zero-order chi connectivity index (χ0) is 13.8. The molecule has 1 aromatic carbocycles. The molecule has 0 aliphatic heterocycles. The molecule has 96 valence electrons. The van der Waals surface area contributed by atoms with Crippen LogP contribution in [0.1, 0.15) is 15.9 Å². The monoisotopic (exact) mass is 258 g/mol. The van der Waals surface area contributed by atoms with E-state index in [1.165, 1.54) is 24.4 Å². The standard InChI is InChI=1S/C13H10N2O4/c1-9-3-2-4-11(15(17)18)13(9)19-12-6-5-10(8-16)7-14-12/h2-8H,1H3. The molecular formula is C13H10N2O4. The summed E-state index contributed by atoms with van der Waals surface area (Å²) in [6, 6.07) is 7.67. The van der Waals surface area contributed by atoms with Crippen molar-refractivity contribution >= 4 is 12.0 Å². The molecule has 0 atom stereocenters. The van der Waals surface area contributed by atoms with Gasteiger partial charge in [0.05, 0.1) is 4.92 Å². The summed E-state index contributed by atoms with van der Waals surface area (Å²) in [4.78, 5) is 24.8. The van der Waals surface area contributed by atoms with Crippen molar-refractivity contribution in [3.63, 3.8) is 0 Å². The fraction of sp³-hybridized carbons (Fsp3) is 0.0769. The highest BCUT2D eigenvalue weighted by Gasteiger charge is 2.18. The Morgan fingerprint density at radius 1 is 1.32 bits per heavy atom. The third-order valence-corrected chi connectivity index (χ3v) is 2.49. The fourth-order valence-electron chi connectivity index (χ4n) is 1.54. The molecule has 6 heteroatoms. The van der Waals surface area contributed by atoms with Gasteiger partial charge in [-0.25, -0.2) is 4.98 Å². The van der Waals surface area contributed by atoms with Gasteiger partial charge in [-0.05, 0) is 18.6 Å². The molecule has 0 bridgehead atoms. The largest absolute Gasteiger partial charge is 0.432 e. The Labute approximate surface area is 108 Å². The third-order valence-electron chi connectivity index (χ3n) is 2.49. The minimum absolute atomic E-state index is 0.124. The lowest BCUT2D eigenvalue weighted by atomic mass is 10.2. The molecule has 2 rings (SSSR count). The third kappa shape index (κ3) is 2.74. The van der Waals surface area contributed by atoms with Crippen LogP contribution >= 0.6 is 0 Å². The molecule has 0 saturated heterocycles. The molecule has 0 unspecified atom stereocenters. The first-order chi connectivity index (χ1) is 9.11. The van der Waals surface area contributed by atoms with Crippen LogP contribution in [0, 0.1) is 17.0 Å². The van der Waals surface area contributed by atoms with Crippen LogP contribution in [0.15, 0.2) is 36.5 Å². The van der Waals surface area contributed by atoms with Crippen LogP contribution in [0.5, 0.6) is 11.6 Å². The average Bonchev–Trinajstić information content (AvgIpc) is 2.41. The van der Waals surface area contributed by atoms with Crippen molar-refractivity contribution in [2.75, 3.05) is 0 Å². The number of ether oxygens (including phenoxy) is 1. The van der Waals surface area contributed by atoms with Gasteiger partial charge in [-0.1, -0.05) is 12.1 Å². The Kier molecular flexibility index (Phi) is 3.51. The molecule has 6 nitrogen and oxygen atoms in total. The van der Waals surface area contributed by atoms with Gasteiger partial charge in [-0.15, -0.1) is 0 Å². The van der Waals surface area contributed by atoms with Crippen molar-refractivity contribution in [3.8, 4) is 11.6 Å². The number of benzene rings is 1. The van der Waals surface area contributed by atoms with Gasteiger partial charge in [0.25, 0.3) is 0 Å². The first-order valence-corrected chi connectivity index (χ1v) is 5.45. The van der Waals surface area contributed by atoms with Crippen LogP contribution in [-0.2, 0) is 0 Å². The Bertz CT molecular complexity index is 623. The van der Waals surface area contributed by atoms with Crippen molar-refractivity contribution in [1.82, 2.24) is 4.98 Å². The van der Waals surface area contributed by atoms with Crippen molar-refractivity contribution < 1.29 is 14.5 Å². The second-order valence-corrected chi connectivity index (χ2v) is 3.83. The van der Waals surface area contributed by atoms with Gasteiger partial charge >= 0.3 is 5.69 Å². The average molecular weight is 258 g/mol. The van der Waals surface area contributed by atoms with E-state index in [1.54, 1.807) is 19.1 Å². The van der Waals surface area contributed by atoms with Crippen molar-refractivity contribution in [2.24, 2.45) is 0 Å². The summed E-state index contributed by atoms with van der Waals surface area (Å²) in [7, 11) is 0. The van der Waals surface area contributed by atoms with Gasteiger partial charge in [0.1, 0.15) is 0 Å². The topological polar surface area (TPSA) is 82.3 Å². The zero-order valence-electron chi connectivity index (χ0n) is 10.1. The number of nitrogens with zero attached hydrogens (tertiary/aromatic N) is 2. The lowest BCUT2D eigenvalue weighted by Crippen LogP contribution is -1.97. The number of aldehydes is 1. The van der Waals surface area contributed by atoms with E-state index < -0.39 is 4.92 Å². The number of para-hydroxylation sites is 1. The maximum Gasteiger partial charge on any atom is 0.311 e. The van der Waals surface area contributed by atoms with Gasteiger partial charge in [-0.2, -0.15) is 0 Å². The number of aromatic nitrogens is 1. The van der Waals surface area contributed by atoms with Crippen LogP contribution in [-0.4, -0.2) is 16.2 Å². The van der Waals surface area contributed by atoms with Gasteiger partial charge in [-0.3, -0.25) is 14.9 Å². The SMILES string of the molecule is Cc1cccc([N+](=O)[O-])c1Oc1ccc(C=O)cn1. The number of nitro groups is 1. The van der Waals surface area contributed by atoms with Gasteiger partial charge in [0.2, 0.25) is 11.6 Å².